The predicted octanol–water partition coefficient (Wildman–Crippen LogP) is 3.81. The van der Waals surface area contributed by atoms with Gasteiger partial charge in [0.15, 0.2) is 5.16 Å². The number of H-pyrrole nitrogens is 1. The van der Waals surface area contributed by atoms with E-state index in [0.717, 1.165) is 37.1 Å². The molecule has 2 atom stereocenters. The highest BCUT2D eigenvalue weighted by atomic mass is 32.2. The molecule has 1 aliphatic carbocycles. The van der Waals surface area contributed by atoms with Gasteiger partial charge in [-0.1, -0.05) is 61.9 Å². The van der Waals surface area contributed by atoms with Gasteiger partial charge in [-0.25, -0.2) is 9.78 Å². The van der Waals surface area contributed by atoms with Gasteiger partial charge in [-0.3, -0.25) is 10.1 Å². The number of nitrogens with one attached hydrogen (secondary N) is 3. The van der Waals surface area contributed by atoms with Crippen molar-refractivity contribution in [2.45, 2.75) is 57.1 Å². The number of nitrogens with zero attached hydrogens (tertiary/aromatic N) is 1. The molecule has 0 bridgehead atoms. The highest BCUT2D eigenvalue weighted by Gasteiger charge is 2.23. The highest BCUT2D eigenvalue weighted by molar-refractivity contribution is 7.99. The third-order valence-electron chi connectivity index (χ3n) is 5.20. The molecule has 2 aromatic rings. The van der Waals surface area contributed by atoms with Gasteiger partial charge >= 0.3 is 6.03 Å². The number of amides is 3. The second-order valence-electron chi connectivity index (χ2n) is 7.45. The molecule has 1 heterocycles. The Labute approximate surface area is 170 Å². The van der Waals surface area contributed by atoms with E-state index in [1.807, 2.05) is 25.1 Å². The first kappa shape index (κ1) is 20.5. The molecule has 1 saturated carbocycles. The van der Waals surface area contributed by atoms with Crippen LogP contribution in [0.5, 0.6) is 0 Å². The zero-order valence-electron chi connectivity index (χ0n) is 16.5. The Morgan fingerprint density at radius 2 is 1.96 bits per heavy atom. The van der Waals surface area contributed by atoms with E-state index in [0.29, 0.717) is 11.1 Å². The van der Waals surface area contributed by atoms with Gasteiger partial charge in [0.05, 0.1) is 11.4 Å². The summed E-state index contributed by atoms with van der Waals surface area (Å²) in [6.45, 7) is 4.13. The first-order chi connectivity index (χ1) is 13.5. The van der Waals surface area contributed by atoms with Gasteiger partial charge < -0.3 is 10.3 Å². The topological polar surface area (TPSA) is 86.9 Å². The second kappa shape index (κ2) is 9.78. The number of rotatable bonds is 6. The van der Waals surface area contributed by atoms with E-state index in [1.54, 1.807) is 0 Å². The number of aromatic amines is 1. The molecule has 150 valence electrons. The van der Waals surface area contributed by atoms with Crippen molar-refractivity contribution in [3.8, 4) is 0 Å². The van der Waals surface area contributed by atoms with Gasteiger partial charge in [-0.2, -0.15) is 0 Å². The fourth-order valence-electron chi connectivity index (χ4n) is 3.53. The van der Waals surface area contributed by atoms with Crippen molar-refractivity contribution < 1.29 is 9.59 Å². The average Bonchev–Trinajstić information content (AvgIpc) is 3.02. The Hall–Kier alpha value is -2.28. The summed E-state index contributed by atoms with van der Waals surface area (Å²) in [5, 5.41) is 6.06. The molecule has 3 N–H and O–H groups in total. The third-order valence-corrected chi connectivity index (χ3v) is 6.07. The fraction of sp³-hybridized carbons (Fsp3) is 0.476. The molecule has 28 heavy (non-hydrogen) atoms. The van der Waals surface area contributed by atoms with Crippen LogP contribution in [0.2, 0.25) is 0 Å². The van der Waals surface area contributed by atoms with Crippen LogP contribution < -0.4 is 10.6 Å². The molecule has 6 nitrogen and oxygen atoms in total. The molecule has 0 spiro atoms. The number of imide groups is 1. The summed E-state index contributed by atoms with van der Waals surface area (Å²) in [5.74, 6) is 0.286. The van der Waals surface area contributed by atoms with Gasteiger partial charge in [0.2, 0.25) is 5.91 Å². The van der Waals surface area contributed by atoms with Gasteiger partial charge in [0.1, 0.15) is 0 Å². The Kier molecular flexibility index (Phi) is 7.14. The number of thioether (sulfide) groups is 1. The Bertz CT molecular complexity index is 806. The fourth-order valence-corrected chi connectivity index (χ4v) is 4.27. The molecule has 1 aliphatic rings. The molecule has 0 aliphatic heterocycles. The van der Waals surface area contributed by atoms with E-state index in [4.69, 9.17) is 0 Å². The molecule has 1 aromatic carbocycles. The minimum absolute atomic E-state index is 0.144. The summed E-state index contributed by atoms with van der Waals surface area (Å²) >= 11 is 1.30. The predicted molar refractivity (Wildman–Crippen MR) is 111 cm³/mol. The van der Waals surface area contributed by atoms with Crippen LogP contribution in [0.4, 0.5) is 4.79 Å². The summed E-state index contributed by atoms with van der Waals surface area (Å²) in [7, 11) is 0. The minimum Gasteiger partial charge on any atom is -0.337 e. The summed E-state index contributed by atoms with van der Waals surface area (Å²) in [6.07, 6.45) is 5.19. The lowest BCUT2D eigenvalue weighted by atomic mass is 9.86. The maximum absolute atomic E-state index is 12.1. The van der Waals surface area contributed by atoms with Crippen LogP contribution in [-0.4, -0.2) is 33.7 Å². The number of urea groups is 1. The largest absolute Gasteiger partial charge is 0.337 e. The molecular formula is C21H28N4O2S. The van der Waals surface area contributed by atoms with Crippen molar-refractivity contribution in [3.05, 3.63) is 47.3 Å². The van der Waals surface area contributed by atoms with Gasteiger partial charge in [0.25, 0.3) is 0 Å². The smallest absolute Gasteiger partial charge is 0.321 e. The normalized spacial score (nSPS) is 19.2. The number of aromatic nitrogens is 2. The molecule has 3 rings (SSSR count). The molecule has 0 saturated heterocycles. The molecular weight excluding hydrogens is 372 g/mol. The van der Waals surface area contributed by atoms with Crippen LogP contribution in [0.3, 0.4) is 0 Å². The summed E-state index contributed by atoms with van der Waals surface area (Å²) < 4.78 is 0. The Balaban J connectivity index is 1.45. The number of hydrogen-bond donors (Lipinski definition) is 3. The van der Waals surface area contributed by atoms with Gasteiger partial charge in [0, 0.05) is 18.2 Å². The number of carbonyl (C=O) groups excluding carboxylic acids is 2. The highest BCUT2D eigenvalue weighted by Crippen LogP contribution is 2.23. The first-order valence-electron chi connectivity index (χ1n) is 9.84. The summed E-state index contributed by atoms with van der Waals surface area (Å²) in [5.41, 5.74) is 3.16. The van der Waals surface area contributed by atoms with E-state index in [9.17, 15) is 9.59 Å². The minimum atomic E-state index is -0.398. The van der Waals surface area contributed by atoms with Crippen LogP contribution in [-0.2, 0) is 11.2 Å². The Morgan fingerprint density at radius 1 is 1.21 bits per heavy atom. The second-order valence-corrected chi connectivity index (χ2v) is 8.42. The van der Waals surface area contributed by atoms with Crippen LogP contribution in [0, 0.1) is 12.8 Å². The van der Waals surface area contributed by atoms with Crippen molar-refractivity contribution >= 4 is 23.7 Å². The van der Waals surface area contributed by atoms with E-state index >= 15 is 0 Å². The quantitative estimate of drug-likeness (QED) is 0.644. The van der Waals surface area contributed by atoms with E-state index in [2.05, 4.69) is 39.7 Å². The van der Waals surface area contributed by atoms with Crippen LogP contribution in [0.25, 0.3) is 0 Å². The van der Waals surface area contributed by atoms with Crippen LogP contribution in [0.15, 0.2) is 35.5 Å². The van der Waals surface area contributed by atoms with E-state index in [1.165, 1.54) is 23.7 Å². The van der Waals surface area contributed by atoms with Crippen molar-refractivity contribution in [3.63, 3.8) is 0 Å². The van der Waals surface area contributed by atoms with Crippen LogP contribution >= 0.6 is 11.8 Å². The lowest BCUT2D eigenvalue weighted by Gasteiger charge is -2.29. The molecule has 1 aromatic heterocycles. The van der Waals surface area contributed by atoms with Crippen molar-refractivity contribution in [1.82, 2.24) is 20.6 Å². The van der Waals surface area contributed by atoms with E-state index < -0.39 is 6.03 Å². The first-order valence-corrected chi connectivity index (χ1v) is 10.8. The third kappa shape index (κ3) is 5.86. The van der Waals surface area contributed by atoms with E-state index in [-0.39, 0.29) is 17.7 Å². The molecule has 3 amide bonds. The number of carbonyl (C=O) groups is 2. The number of aryl methyl sites for hydroxylation is 1. The maximum atomic E-state index is 12.1. The summed E-state index contributed by atoms with van der Waals surface area (Å²) in [4.78, 5) is 32.0. The van der Waals surface area contributed by atoms with Crippen molar-refractivity contribution in [2.24, 2.45) is 5.92 Å². The monoisotopic (exact) mass is 400 g/mol. The molecule has 1 fully saturated rings. The molecule has 0 radical (unpaired) electrons. The Morgan fingerprint density at radius 3 is 2.71 bits per heavy atom. The standard InChI is InChI=1S/C21H28N4O2S/c1-14-8-6-7-11-17(14)23-20(27)25-19(26)13-28-21-22-15(2)18(24-21)12-16-9-4-3-5-10-16/h3-5,9-10,14,17H,6-8,11-13H2,1-2H3,(H,22,24)(H2,23,25,26,27)/t14-,17-/m1/s1. The lowest BCUT2D eigenvalue weighted by Crippen LogP contribution is -2.48. The van der Waals surface area contributed by atoms with Crippen molar-refractivity contribution in [1.29, 1.82) is 0 Å². The number of hydrogen-bond acceptors (Lipinski definition) is 4. The van der Waals surface area contributed by atoms with Gasteiger partial charge in [-0.15, -0.1) is 0 Å². The molecule has 7 heteroatoms. The lowest BCUT2D eigenvalue weighted by molar-refractivity contribution is -0.117. The average molecular weight is 401 g/mol. The molecule has 0 unspecified atom stereocenters. The summed E-state index contributed by atoms with van der Waals surface area (Å²) in [6, 6.07) is 9.91. The number of imidazole rings is 1. The number of benzene rings is 1. The maximum Gasteiger partial charge on any atom is 0.321 e. The zero-order valence-corrected chi connectivity index (χ0v) is 17.3. The van der Waals surface area contributed by atoms with Gasteiger partial charge in [-0.05, 0) is 31.2 Å². The van der Waals surface area contributed by atoms with Crippen molar-refractivity contribution in [2.75, 3.05) is 5.75 Å². The zero-order chi connectivity index (χ0) is 19.9. The SMILES string of the molecule is Cc1[nH]c(SCC(=O)NC(=O)N[C@@H]2CCCC[C@H]2C)nc1Cc1ccccc1. The van der Waals surface area contributed by atoms with Crippen LogP contribution in [0.1, 0.15) is 49.6 Å².